The first kappa shape index (κ1) is 16.1. The highest BCUT2D eigenvalue weighted by Crippen LogP contribution is 2.38. The number of halogens is 2. The molecular weight excluding hydrogens is 299 g/mol. The highest BCUT2D eigenvalue weighted by molar-refractivity contribution is 6.35. The van der Waals surface area contributed by atoms with Crippen LogP contribution in [0.4, 0.5) is 0 Å². The van der Waals surface area contributed by atoms with E-state index in [1.807, 2.05) is 33.8 Å². The molecule has 0 N–H and O–H groups in total. The van der Waals surface area contributed by atoms with E-state index in [4.69, 9.17) is 37.4 Å². The lowest BCUT2D eigenvalue weighted by Crippen LogP contribution is -2.29. The van der Waals surface area contributed by atoms with Crippen molar-refractivity contribution in [3.05, 3.63) is 33.8 Å². The zero-order valence-electron chi connectivity index (χ0n) is 12.2. The molecule has 1 aliphatic heterocycles. The van der Waals surface area contributed by atoms with Crippen molar-refractivity contribution in [1.82, 2.24) is 0 Å². The highest BCUT2D eigenvalue weighted by Gasteiger charge is 2.40. The van der Waals surface area contributed by atoms with Gasteiger partial charge in [-0.2, -0.15) is 0 Å². The van der Waals surface area contributed by atoms with Crippen LogP contribution in [0, 0.1) is 0 Å². The Bertz CT molecular complexity index is 484. The maximum Gasteiger partial charge on any atom is 0.194 e. The molecule has 1 aliphatic rings. The van der Waals surface area contributed by atoms with Gasteiger partial charge in [0.15, 0.2) is 5.79 Å². The minimum Gasteiger partial charge on any atom is -0.373 e. The summed E-state index contributed by atoms with van der Waals surface area (Å²) >= 11 is 12.1. The van der Waals surface area contributed by atoms with E-state index in [1.165, 1.54) is 0 Å². The van der Waals surface area contributed by atoms with Gasteiger partial charge in [0.05, 0.1) is 23.8 Å². The zero-order valence-corrected chi connectivity index (χ0v) is 13.7. The molecule has 0 aromatic heterocycles. The molecular formula is C15H20Cl2O3. The van der Waals surface area contributed by atoms with Gasteiger partial charge in [0.1, 0.15) is 6.10 Å². The van der Waals surface area contributed by atoms with E-state index in [-0.39, 0.29) is 11.7 Å². The lowest BCUT2D eigenvalue weighted by Gasteiger charge is -2.26. The van der Waals surface area contributed by atoms with Gasteiger partial charge >= 0.3 is 0 Å². The van der Waals surface area contributed by atoms with Gasteiger partial charge in [0, 0.05) is 10.6 Å². The monoisotopic (exact) mass is 318 g/mol. The smallest absolute Gasteiger partial charge is 0.194 e. The fourth-order valence-electron chi connectivity index (χ4n) is 2.06. The summed E-state index contributed by atoms with van der Waals surface area (Å²) in [5.41, 5.74) is 0.585. The summed E-state index contributed by atoms with van der Waals surface area (Å²) in [6.45, 7) is 8.86. The van der Waals surface area contributed by atoms with Crippen molar-refractivity contribution < 1.29 is 14.2 Å². The minimum absolute atomic E-state index is 0.106. The van der Waals surface area contributed by atoms with Gasteiger partial charge in [-0.3, -0.25) is 0 Å². The number of benzene rings is 1. The maximum absolute atomic E-state index is 6.22. The van der Waals surface area contributed by atoms with Crippen LogP contribution in [0.5, 0.6) is 0 Å². The third kappa shape index (κ3) is 3.86. The van der Waals surface area contributed by atoms with Crippen LogP contribution in [0.25, 0.3) is 0 Å². The molecule has 1 aromatic carbocycles. The lowest BCUT2D eigenvalue weighted by atomic mass is 10.1. The van der Waals surface area contributed by atoms with Gasteiger partial charge in [-0.25, -0.2) is 0 Å². The van der Waals surface area contributed by atoms with Gasteiger partial charge in [-0.05, 0) is 39.8 Å². The molecule has 0 amide bonds. The summed E-state index contributed by atoms with van der Waals surface area (Å²) in [5.74, 6) is -0.854. The van der Waals surface area contributed by atoms with E-state index < -0.39 is 5.79 Å². The summed E-state index contributed by atoms with van der Waals surface area (Å²) in [5, 5.41) is 1.13. The van der Waals surface area contributed by atoms with E-state index in [9.17, 15) is 0 Å². The van der Waals surface area contributed by atoms with Crippen molar-refractivity contribution in [1.29, 1.82) is 0 Å². The molecule has 0 saturated carbocycles. The third-order valence-electron chi connectivity index (χ3n) is 3.06. The Kier molecular flexibility index (Phi) is 4.67. The van der Waals surface area contributed by atoms with E-state index in [0.717, 1.165) is 5.56 Å². The van der Waals surface area contributed by atoms with Crippen molar-refractivity contribution in [2.24, 2.45) is 0 Å². The van der Waals surface area contributed by atoms with Crippen LogP contribution in [0.15, 0.2) is 18.2 Å². The first-order valence-electron chi connectivity index (χ1n) is 6.61. The normalized spacial score (nSPS) is 27.0. The summed E-state index contributed by atoms with van der Waals surface area (Å²) in [4.78, 5) is 0. The molecule has 1 aromatic rings. The Balaban J connectivity index is 2.06. The van der Waals surface area contributed by atoms with Crippen LogP contribution in [0.1, 0.15) is 33.3 Å². The van der Waals surface area contributed by atoms with Gasteiger partial charge in [0.2, 0.25) is 0 Å². The Morgan fingerprint density at radius 3 is 2.65 bits per heavy atom. The van der Waals surface area contributed by atoms with Crippen LogP contribution in [-0.4, -0.2) is 24.9 Å². The standard InChI is InChI=1S/C15H20Cl2O3/c1-14(2,3)18-8-11-9-19-15(4,20-11)12-6-5-10(16)7-13(12)17/h5-7,11H,8-9H2,1-4H3. The second kappa shape index (κ2) is 5.82. The lowest BCUT2D eigenvalue weighted by molar-refractivity contribution is -0.172. The molecule has 1 saturated heterocycles. The molecule has 0 bridgehead atoms. The Hall–Kier alpha value is -0.320. The average molecular weight is 319 g/mol. The van der Waals surface area contributed by atoms with Gasteiger partial charge in [-0.1, -0.05) is 29.3 Å². The molecule has 0 aliphatic carbocycles. The molecule has 112 valence electrons. The summed E-state index contributed by atoms with van der Waals surface area (Å²) in [7, 11) is 0. The van der Waals surface area contributed by atoms with Crippen LogP contribution in [-0.2, 0) is 20.0 Å². The van der Waals surface area contributed by atoms with Crippen LogP contribution < -0.4 is 0 Å². The first-order chi connectivity index (χ1) is 9.20. The summed E-state index contributed by atoms with van der Waals surface area (Å²) in [6.07, 6.45) is -0.106. The van der Waals surface area contributed by atoms with Gasteiger partial charge < -0.3 is 14.2 Å². The summed E-state index contributed by atoms with van der Waals surface area (Å²) in [6, 6.07) is 5.30. The van der Waals surface area contributed by atoms with Crippen LogP contribution >= 0.6 is 23.2 Å². The van der Waals surface area contributed by atoms with Crippen molar-refractivity contribution >= 4 is 23.2 Å². The molecule has 3 nitrogen and oxygen atoms in total. The topological polar surface area (TPSA) is 27.7 Å². The van der Waals surface area contributed by atoms with E-state index in [2.05, 4.69) is 0 Å². The zero-order chi connectivity index (χ0) is 15.0. The molecule has 2 rings (SSSR count). The van der Waals surface area contributed by atoms with Crippen LogP contribution in [0.2, 0.25) is 10.0 Å². The van der Waals surface area contributed by atoms with E-state index in [0.29, 0.717) is 23.3 Å². The maximum atomic E-state index is 6.22. The SMILES string of the molecule is CC(C)(C)OCC1COC(C)(c2ccc(Cl)cc2Cl)O1. The largest absolute Gasteiger partial charge is 0.373 e. The van der Waals surface area contributed by atoms with E-state index >= 15 is 0 Å². The Morgan fingerprint density at radius 1 is 1.35 bits per heavy atom. The number of hydrogen-bond donors (Lipinski definition) is 0. The van der Waals surface area contributed by atoms with Crippen molar-refractivity contribution in [3.8, 4) is 0 Å². The highest BCUT2D eigenvalue weighted by atomic mass is 35.5. The molecule has 20 heavy (non-hydrogen) atoms. The molecule has 1 heterocycles. The number of rotatable bonds is 3. The third-order valence-corrected chi connectivity index (χ3v) is 3.61. The van der Waals surface area contributed by atoms with Crippen LogP contribution in [0.3, 0.4) is 0 Å². The molecule has 1 fully saturated rings. The fourth-order valence-corrected chi connectivity index (χ4v) is 2.64. The minimum atomic E-state index is -0.854. The summed E-state index contributed by atoms with van der Waals surface area (Å²) < 4.78 is 17.5. The molecule has 2 unspecified atom stereocenters. The van der Waals surface area contributed by atoms with Crippen molar-refractivity contribution in [2.75, 3.05) is 13.2 Å². The molecule has 0 radical (unpaired) electrons. The molecule has 0 spiro atoms. The number of ether oxygens (including phenoxy) is 3. The Labute approximate surface area is 130 Å². The van der Waals surface area contributed by atoms with Gasteiger partial charge in [-0.15, -0.1) is 0 Å². The predicted molar refractivity (Wildman–Crippen MR) is 80.3 cm³/mol. The second-order valence-electron chi connectivity index (χ2n) is 6.04. The van der Waals surface area contributed by atoms with Crippen molar-refractivity contribution in [2.45, 2.75) is 45.2 Å². The Morgan fingerprint density at radius 2 is 2.05 bits per heavy atom. The molecule has 2 atom stereocenters. The molecule has 5 heteroatoms. The predicted octanol–water partition coefficient (Wildman–Crippen LogP) is 4.40. The number of hydrogen-bond acceptors (Lipinski definition) is 3. The first-order valence-corrected chi connectivity index (χ1v) is 7.36. The van der Waals surface area contributed by atoms with E-state index in [1.54, 1.807) is 12.1 Å². The van der Waals surface area contributed by atoms with Crippen molar-refractivity contribution in [3.63, 3.8) is 0 Å². The van der Waals surface area contributed by atoms with Gasteiger partial charge in [0.25, 0.3) is 0 Å². The fraction of sp³-hybridized carbons (Fsp3) is 0.600. The second-order valence-corrected chi connectivity index (χ2v) is 6.89. The average Bonchev–Trinajstić information content (AvgIpc) is 2.68. The quantitative estimate of drug-likeness (QED) is 0.826.